The van der Waals surface area contributed by atoms with Crippen molar-refractivity contribution in [1.82, 2.24) is 19.6 Å². The Morgan fingerprint density at radius 2 is 1.97 bits per heavy atom. The quantitative estimate of drug-likeness (QED) is 0.191. The van der Waals surface area contributed by atoms with E-state index in [0.717, 1.165) is 5.57 Å². The van der Waals surface area contributed by atoms with Gasteiger partial charge in [0, 0.05) is 24.6 Å². The predicted molar refractivity (Wildman–Crippen MR) is 139 cm³/mol. The van der Waals surface area contributed by atoms with Crippen LogP contribution >= 0.6 is 7.75 Å². The summed E-state index contributed by atoms with van der Waals surface area (Å²) >= 11 is 0. The lowest BCUT2D eigenvalue weighted by atomic mass is 9.66. The number of carbonyl (C=O) groups excluding carboxylic acids is 1. The molecule has 0 amide bonds. The lowest BCUT2D eigenvalue weighted by Crippen LogP contribution is -2.45. The second-order valence-corrected chi connectivity index (χ2v) is 10.9. The van der Waals surface area contributed by atoms with E-state index in [1.807, 2.05) is 16.8 Å². The number of nitrogens with zero attached hydrogens (tertiary/aromatic N) is 3. The number of rotatable bonds is 11. The van der Waals surface area contributed by atoms with Gasteiger partial charge in [-0.1, -0.05) is 24.8 Å². The molecular weight excluding hydrogens is 497 g/mol. The second kappa shape index (κ2) is 11.0. The number of nitrogens with two attached hydrogens (primary N) is 1. The number of benzene rings is 1. The van der Waals surface area contributed by atoms with Crippen molar-refractivity contribution in [1.29, 1.82) is 0 Å². The van der Waals surface area contributed by atoms with Gasteiger partial charge >= 0.3 is 13.7 Å². The molecule has 4 N–H and O–H groups in total. The Morgan fingerprint density at radius 3 is 2.65 bits per heavy atom. The van der Waals surface area contributed by atoms with Crippen LogP contribution in [0.3, 0.4) is 0 Å². The van der Waals surface area contributed by atoms with E-state index in [9.17, 15) is 14.5 Å². The molecule has 0 aliphatic heterocycles. The van der Waals surface area contributed by atoms with Gasteiger partial charge in [0.25, 0.3) is 0 Å². The third-order valence-corrected chi connectivity index (χ3v) is 7.92. The van der Waals surface area contributed by atoms with Crippen molar-refractivity contribution >= 4 is 30.6 Å². The summed E-state index contributed by atoms with van der Waals surface area (Å²) in [6, 6.07) is 9.12. The molecule has 12 heteroatoms. The summed E-state index contributed by atoms with van der Waals surface area (Å²) < 4.78 is 32.4. The van der Waals surface area contributed by atoms with Crippen molar-refractivity contribution in [3.63, 3.8) is 0 Å². The first kappa shape index (κ1) is 26.8. The van der Waals surface area contributed by atoms with Crippen LogP contribution in [0.25, 0.3) is 11.0 Å². The summed E-state index contributed by atoms with van der Waals surface area (Å²) in [5.41, 5.74) is 7.37. The fourth-order valence-corrected chi connectivity index (χ4v) is 5.96. The van der Waals surface area contributed by atoms with Gasteiger partial charge in [-0.2, -0.15) is 5.09 Å². The van der Waals surface area contributed by atoms with Crippen molar-refractivity contribution in [3.8, 4) is 5.75 Å². The van der Waals surface area contributed by atoms with Crippen molar-refractivity contribution in [2.24, 2.45) is 11.8 Å². The highest BCUT2D eigenvalue weighted by atomic mass is 31.2. The highest BCUT2D eigenvalue weighted by Gasteiger charge is 2.47. The van der Waals surface area contributed by atoms with Crippen LogP contribution < -0.4 is 15.3 Å². The number of ether oxygens (including phenoxy) is 1. The zero-order chi connectivity index (χ0) is 26.7. The molecule has 1 aliphatic rings. The molecule has 4 rings (SSSR count). The molecule has 1 aromatic carbocycles. The highest BCUT2D eigenvalue weighted by Crippen LogP contribution is 2.52. The van der Waals surface area contributed by atoms with E-state index in [1.54, 1.807) is 44.2 Å². The molecule has 1 aliphatic carbocycles. The summed E-state index contributed by atoms with van der Waals surface area (Å²) in [6.07, 6.45) is 2.88. The summed E-state index contributed by atoms with van der Waals surface area (Å²) in [5.74, 6) is -0.517. The van der Waals surface area contributed by atoms with Gasteiger partial charge in [0.1, 0.15) is 29.6 Å². The maximum absolute atomic E-state index is 13.8. The van der Waals surface area contributed by atoms with Gasteiger partial charge in [-0.25, -0.2) is 14.5 Å². The number of esters is 1. The van der Waals surface area contributed by atoms with Crippen LogP contribution in [0.5, 0.6) is 5.75 Å². The van der Waals surface area contributed by atoms with E-state index >= 15 is 0 Å². The van der Waals surface area contributed by atoms with Crippen LogP contribution in [0.2, 0.25) is 0 Å². The SMILES string of the molecule is C=C1[C@@H](n2ccc3c(N)ncnc32)[C@H](CO)[C@H]1COP(=O)(NC(C)C(=O)OC(C)C)Oc1ccccc1. The molecule has 37 heavy (non-hydrogen) atoms. The third kappa shape index (κ3) is 5.70. The van der Waals surface area contributed by atoms with Crippen LogP contribution in [0.1, 0.15) is 26.8 Å². The number of carbonyl (C=O) groups is 1. The van der Waals surface area contributed by atoms with Crippen LogP contribution in [0.4, 0.5) is 5.82 Å². The molecule has 2 unspecified atom stereocenters. The normalized spacial score (nSPS) is 21.9. The molecule has 0 spiro atoms. The first-order valence-corrected chi connectivity index (χ1v) is 13.5. The average Bonchev–Trinajstić information content (AvgIpc) is 3.27. The Kier molecular flexibility index (Phi) is 7.99. The third-order valence-electron chi connectivity index (χ3n) is 6.28. The molecule has 11 nitrogen and oxygen atoms in total. The monoisotopic (exact) mass is 529 g/mol. The Hall–Kier alpha value is -3.24. The van der Waals surface area contributed by atoms with E-state index in [-0.39, 0.29) is 37.2 Å². The van der Waals surface area contributed by atoms with Crippen LogP contribution in [-0.2, 0) is 18.6 Å². The van der Waals surface area contributed by atoms with Gasteiger partial charge in [0.15, 0.2) is 0 Å². The molecule has 0 radical (unpaired) electrons. The van der Waals surface area contributed by atoms with E-state index < -0.39 is 19.8 Å². The summed E-state index contributed by atoms with van der Waals surface area (Å²) in [5, 5.41) is 13.6. The number of aliphatic hydroxyl groups is 1. The van der Waals surface area contributed by atoms with E-state index in [4.69, 9.17) is 19.5 Å². The van der Waals surface area contributed by atoms with Gasteiger partial charge in [-0.3, -0.25) is 9.32 Å². The van der Waals surface area contributed by atoms with Crippen LogP contribution in [0.15, 0.2) is 61.1 Å². The molecule has 5 atom stereocenters. The summed E-state index contributed by atoms with van der Waals surface area (Å²) in [4.78, 5) is 20.7. The number of nitrogens with one attached hydrogen (secondary N) is 1. The Labute approximate surface area is 215 Å². The molecule has 0 bridgehead atoms. The van der Waals surface area contributed by atoms with Crippen molar-refractivity contribution in [2.75, 3.05) is 18.9 Å². The number of hydrogen-bond donors (Lipinski definition) is 3. The maximum atomic E-state index is 13.8. The fraction of sp³-hybridized carbons (Fsp3) is 0.400. The molecule has 1 fully saturated rings. The van der Waals surface area contributed by atoms with Gasteiger partial charge in [-0.15, -0.1) is 0 Å². The van der Waals surface area contributed by atoms with Crippen molar-refractivity contribution < 1.29 is 28.3 Å². The Bertz CT molecular complexity index is 1310. The largest absolute Gasteiger partial charge is 0.462 e. The van der Waals surface area contributed by atoms with Crippen LogP contribution in [0, 0.1) is 11.8 Å². The summed E-state index contributed by atoms with van der Waals surface area (Å²) in [6.45, 7) is 8.96. The number of nitrogen functional groups attached to an aromatic ring is 1. The summed E-state index contributed by atoms with van der Waals surface area (Å²) in [7, 11) is -4.03. The number of aliphatic hydroxyl groups excluding tert-OH is 1. The van der Waals surface area contributed by atoms with Crippen LogP contribution in [-0.4, -0.2) is 51.0 Å². The van der Waals surface area contributed by atoms with Gasteiger partial charge in [-0.05, 0) is 44.5 Å². The minimum atomic E-state index is -4.03. The number of aromatic nitrogens is 3. The topological polar surface area (TPSA) is 151 Å². The van der Waals surface area contributed by atoms with Crippen molar-refractivity contribution in [2.45, 2.75) is 39.0 Å². The molecule has 198 valence electrons. The highest BCUT2D eigenvalue weighted by molar-refractivity contribution is 7.52. The smallest absolute Gasteiger partial charge is 0.459 e. The van der Waals surface area contributed by atoms with Crippen molar-refractivity contribution in [3.05, 3.63) is 61.1 Å². The molecular formula is C25H32N5O6P. The fourth-order valence-electron chi connectivity index (χ4n) is 4.44. The molecule has 2 heterocycles. The molecule has 1 saturated carbocycles. The minimum Gasteiger partial charge on any atom is -0.462 e. The number of hydrogen-bond acceptors (Lipinski definition) is 9. The molecule has 2 aromatic heterocycles. The van der Waals surface area contributed by atoms with E-state index in [2.05, 4.69) is 21.6 Å². The number of para-hydroxylation sites is 1. The number of anilines is 1. The van der Waals surface area contributed by atoms with E-state index in [0.29, 0.717) is 22.6 Å². The number of fused-ring (bicyclic) bond motifs is 1. The molecule has 0 saturated heterocycles. The van der Waals surface area contributed by atoms with Gasteiger partial charge in [0.05, 0.1) is 24.1 Å². The minimum absolute atomic E-state index is 0.0556. The lowest BCUT2D eigenvalue weighted by molar-refractivity contribution is -0.149. The van der Waals surface area contributed by atoms with E-state index in [1.165, 1.54) is 13.3 Å². The predicted octanol–water partition coefficient (Wildman–Crippen LogP) is 3.48. The maximum Gasteiger partial charge on any atom is 0.459 e. The average molecular weight is 530 g/mol. The standard InChI is InChI=1S/C25H32N5O6P/c1-15(2)35-25(32)17(4)29-37(33,36-18-8-6-5-7-9-18)34-13-21-16(3)22(20(21)12-31)30-11-10-19-23(26)27-14-28-24(19)30/h5-11,14-15,17,20-22,31H,3,12-13H2,1-2,4H3,(H,29,33)(H2,26,27,28)/t17?,20-,21+,22-,37?/m1/s1. The van der Waals surface area contributed by atoms with Gasteiger partial charge < -0.3 is 24.7 Å². The molecule has 3 aromatic rings. The first-order valence-electron chi connectivity index (χ1n) is 12.0. The van der Waals surface area contributed by atoms with Gasteiger partial charge in [0.2, 0.25) is 0 Å². The lowest BCUT2D eigenvalue weighted by Gasteiger charge is -2.47. The Balaban J connectivity index is 1.51. The first-order chi connectivity index (χ1) is 17.6. The second-order valence-electron chi connectivity index (χ2n) is 9.23. The Morgan fingerprint density at radius 1 is 1.24 bits per heavy atom. The zero-order valence-electron chi connectivity index (χ0n) is 21.0. The zero-order valence-corrected chi connectivity index (χ0v) is 21.9.